The number of carbonyl (C=O) groups excluding carboxylic acids is 2. The summed E-state index contributed by atoms with van der Waals surface area (Å²) >= 11 is 1.66. The second-order valence-corrected chi connectivity index (χ2v) is 7.50. The van der Waals surface area contributed by atoms with Gasteiger partial charge in [0.05, 0.1) is 5.69 Å². The number of amides is 2. The van der Waals surface area contributed by atoms with Gasteiger partial charge in [0.2, 0.25) is 11.8 Å². The van der Waals surface area contributed by atoms with E-state index in [-0.39, 0.29) is 18.4 Å². The van der Waals surface area contributed by atoms with Crippen molar-refractivity contribution in [3.05, 3.63) is 53.1 Å². The van der Waals surface area contributed by atoms with Crippen molar-refractivity contribution >= 4 is 35.0 Å². The highest BCUT2D eigenvalue weighted by molar-refractivity contribution is 7.99. The molecule has 1 N–H and O–H groups in total. The van der Waals surface area contributed by atoms with Gasteiger partial charge in [0.25, 0.3) is 0 Å². The second kappa shape index (κ2) is 7.31. The minimum Gasteiger partial charge on any atom is -0.324 e. The maximum absolute atomic E-state index is 12.6. The molecule has 0 fully saturated rings. The first-order chi connectivity index (χ1) is 12.0. The van der Waals surface area contributed by atoms with Crippen LogP contribution in [0.4, 0.5) is 11.4 Å². The molecule has 25 heavy (non-hydrogen) atoms. The third kappa shape index (κ3) is 3.87. The van der Waals surface area contributed by atoms with E-state index in [1.165, 1.54) is 5.56 Å². The molecule has 130 valence electrons. The molecule has 0 aromatic heterocycles. The summed E-state index contributed by atoms with van der Waals surface area (Å²) in [6, 6.07) is 11.9. The summed E-state index contributed by atoms with van der Waals surface area (Å²) in [5, 5.41) is 2.99. The third-order valence-corrected chi connectivity index (χ3v) is 5.34. The van der Waals surface area contributed by atoms with Gasteiger partial charge in [-0.15, -0.1) is 11.8 Å². The molecule has 0 unspecified atom stereocenters. The van der Waals surface area contributed by atoms with E-state index in [2.05, 4.69) is 5.32 Å². The number of nitrogens with one attached hydrogen (secondary N) is 1. The molecule has 1 heterocycles. The summed E-state index contributed by atoms with van der Waals surface area (Å²) in [5.41, 5.74) is 4.89. The van der Waals surface area contributed by atoms with E-state index in [9.17, 15) is 9.59 Å². The fourth-order valence-corrected chi connectivity index (χ4v) is 4.19. The van der Waals surface area contributed by atoms with Gasteiger partial charge in [-0.05, 0) is 44.0 Å². The molecule has 0 spiro atoms. The van der Waals surface area contributed by atoms with Crippen LogP contribution in [0.1, 0.15) is 23.1 Å². The van der Waals surface area contributed by atoms with Crippen LogP contribution in [0.3, 0.4) is 0 Å². The van der Waals surface area contributed by atoms with Gasteiger partial charge in [0.15, 0.2) is 0 Å². The highest BCUT2D eigenvalue weighted by Gasteiger charge is 2.24. The molecule has 2 amide bonds. The molecule has 0 saturated heterocycles. The molecule has 5 heteroatoms. The van der Waals surface area contributed by atoms with Gasteiger partial charge < -0.3 is 10.2 Å². The summed E-state index contributed by atoms with van der Waals surface area (Å²) in [6.45, 7) is 6.04. The number of anilines is 2. The molecule has 1 aliphatic rings. The first-order valence-electron chi connectivity index (χ1n) is 8.35. The van der Waals surface area contributed by atoms with Crippen LogP contribution in [0.5, 0.6) is 0 Å². The number of thioether (sulfide) groups is 1. The van der Waals surface area contributed by atoms with E-state index in [0.29, 0.717) is 6.42 Å². The van der Waals surface area contributed by atoms with Crippen molar-refractivity contribution < 1.29 is 9.59 Å². The molecule has 0 saturated carbocycles. The van der Waals surface area contributed by atoms with Gasteiger partial charge in [0.1, 0.15) is 6.54 Å². The standard InChI is InChI=1S/C20H22N2O2S/c1-13-10-14(2)20(15(3)11-13)21-18(23)12-22-16-6-4-5-7-17(16)25-9-8-19(22)24/h4-7,10-11H,8-9,12H2,1-3H3,(H,21,23). The molecule has 2 aromatic rings. The molecule has 2 aromatic carbocycles. The average molecular weight is 354 g/mol. The molecule has 1 aliphatic heterocycles. The van der Waals surface area contributed by atoms with Crippen LogP contribution in [0, 0.1) is 20.8 Å². The maximum atomic E-state index is 12.6. The lowest BCUT2D eigenvalue weighted by Crippen LogP contribution is -2.38. The number of aryl methyl sites for hydroxylation is 3. The van der Waals surface area contributed by atoms with Crippen LogP contribution in [0.2, 0.25) is 0 Å². The first-order valence-corrected chi connectivity index (χ1v) is 9.34. The van der Waals surface area contributed by atoms with Crippen LogP contribution >= 0.6 is 11.8 Å². The minimum absolute atomic E-state index is 0.00931. The predicted molar refractivity (Wildman–Crippen MR) is 103 cm³/mol. The number of carbonyl (C=O) groups is 2. The Morgan fingerprint density at radius 3 is 2.56 bits per heavy atom. The highest BCUT2D eigenvalue weighted by Crippen LogP contribution is 2.34. The van der Waals surface area contributed by atoms with E-state index >= 15 is 0 Å². The summed E-state index contributed by atoms with van der Waals surface area (Å²) in [5.74, 6) is 0.555. The Bertz CT molecular complexity index is 809. The maximum Gasteiger partial charge on any atom is 0.244 e. The molecule has 0 bridgehead atoms. The van der Waals surface area contributed by atoms with Gasteiger partial charge in [0, 0.05) is 22.8 Å². The van der Waals surface area contributed by atoms with Crippen molar-refractivity contribution in [3.8, 4) is 0 Å². The zero-order valence-electron chi connectivity index (χ0n) is 14.8. The van der Waals surface area contributed by atoms with Crippen LogP contribution in [0.25, 0.3) is 0 Å². The topological polar surface area (TPSA) is 49.4 Å². The van der Waals surface area contributed by atoms with E-state index in [4.69, 9.17) is 0 Å². The average Bonchev–Trinajstić information content (AvgIpc) is 2.71. The number of benzene rings is 2. The second-order valence-electron chi connectivity index (χ2n) is 6.37. The Morgan fingerprint density at radius 1 is 1.16 bits per heavy atom. The molecule has 0 atom stereocenters. The summed E-state index contributed by atoms with van der Waals surface area (Å²) in [7, 11) is 0. The SMILES string of the molecule is Cc1cc(C)c(NC(=O)CN2C(=O)CCSc3ccccc32)c(C)c1. The normalized spacial score (nSPS) is 14.0. The zero-order valence-corrected chi connectivity index (χ0v) is 15.6. The summed E-state index contributed by atoms with van der Waals surface area (Å²) < 4.78 is 0. The lowest BCUT2D eigenvalue weighted by molar-refractivity contribution is -0.121. The van der Waals surface area contributed by atoms with Crippen molar-refractivity contribution in [2.24, 2.45) is 0 Å². The van der Waals surface area contributed by atoms with E-state index < -0.39 is 0 Å². The van der Waals surface area contributed by atoms with Gasteiger partial charge >= 0.3 is 0 Å². The Labute approximate surface area is 152 Å². The van der Waals surface area contributed by atoms with E-state index in [1.807, 2.05) is 57.2 Å². The van der Waals surface area contributed by atoms with Crippen LogP contribution in [-0.2, 0) is 9.59 Å². The molecule has 4 nitrogen and oxygen atoms in total. The number of nitrogens with zero attached hydrogens (tertiary/aromatic N) is 1. The van der Waals surface area contributed by atoms with Crippen LogP contribution in [-0.4, -0.2) is 24.1 Å². The minimum atomic E-state index is -0.176. The fourth-order valence-electron chi connectivity index (χ4n) is 3.19. The third-order valence-electron chi connectivity index (χ3n) is 4.27. The monoisotopic (exact) mass is 354 g/mol. The van der Waals surface area contributed by atoms with Crippen LogP contribution in [0.15, 0.2) is 41.3 Å². The number of fused-ring (bicyclic) bond motifs is 1. The lowest BCUT2D eigenvalue weighted by atomic mass is 10.1. The zero-order chi connectivity index (χ0) is 18.0. The van der Waals surface area contributed by atoms with Crippen LogP contribution < -0.4 is 10.2 Å². The van der Waals surface area contributed by atoms with Gasteiger partial charge in [-0.2, -0.15) is 0 Å². The van der Waals surface area contributed by atoms with Crippen molar-refractivity contribution in [3.63, 3.8) is 0 Å². The van der Waals surface area contributed by atoms with Gasteiger partial charge in [-0.25, -0.2) is 0 Å². The number of hydrogen-bond acceptors (Lipinski definition) is 3. The van der Waals surface area contributed by atoms with Crippen molar-refractivity contribution in [1.82, 2.24) is 0 Å². The quantitative estimate of drug-likeness (QED) is 0.903. The molecule has 0 aliphatic carbocycles. The number of rotatable bonds is 3. The van der Waals surface area contributed by atoms with Crippen molar-refractivity contribution in [2.75, 3.05) is 22.5 Å². The van der Waals surface area contributed by atoms with Crippen molar-refractivity contribution in [1.29, 1.82) is 0 Å². The molecular weight excluding hydrogens is 332 g/mol. The Balaban J connectivity index is 1.82. The highest BCUT2D eigenvalue weighted by atomic mass is 32.2. The fraction of sp³-hybridized carbons (Fsp3) is 0.300. The lowest BCUT2D eigenvalue weighted by Gasteiger charge is -2.22. The summed E-state index contributed by atoms with van der Waals surface area (Å²) in [6.07, 6.45) is 0.440. The summed E-state index contributed by atoms with van der Waals surface area (Å²) in [4.78, 5) is 27.7. The molecular formula is C20H22N2O2S. The van der Waals surface area contributed by atoms with Gasteiger partial charge in [-0.1, -0.05) is 29.8 Å². The smallest absolute Gasteiger partial charge is 0.244 e. The largest absolute Gasteiger partial charge is 0.324 e. The van der Waals surface area contributed by atoms with E-state index in [0.717, 1.165) is 33.2 Å². The van der Waals surface area contributed by atoms with E-state index in [1.54, 1.807) is 16.7 Å². The predicted octanol–water partition coefficient (Wildman–Crippen LogP) is 4.08. The first kappa shape index (κ1) is 17.5. The van der Waals surface area contributed by atoms with Gasteiger partial charge in [-0.3, -0.25) is 9.59 Å². The Morgan fingerprint density at radius 2 is 1.84 bits per heavy atom. The Hall–Kier alpha value is -2.27. The number of para-hydroxylation sites is 1. The molecule has 3 rings (SSSR count). The van der Waals surface area contributed by atoms with Crippen molar-refractivity contribution in [2.45, 2.75) is 32.1 Å². The number of hydrogen-bond donors (Lipinski definition) is 1. The molecule has 0 radical (unpaired) electrons. The Kier molecular flexibility index (Phi) is 5.13.